The van der Waals surface area contributed by atoms with E-state index in [9.17, 15) is 5.11 Å². The van der Waals surface area contributed by atoms with Gasteiger partial charge in [0.15, 0.2) is 0 Å². The molecule has 2 aromatic rings. The summed E-state index contributed by atoms with van der Waals surface area (Å²) < 4.78 is 10.5. The molecule has 0 aliphatic carbocycles. The third-order valence-corrected chi connectivity index (χ3v) is 3.24. The number of hydrogen-bond acceptors (Lipinski definition) is 6. The number of aromatic nitrogens is 2. The lowest BCUT2D eigenvalue weighted by Crippen LogP contribution is -2.36. The number of anilines is 1. The zero-order valence-electron chi connectivity index (χ0n) is 13.4. The monoisotopic (exact) mass is 305 g/mol. The summed E-state index contributed by atoms with van der Waals surface area (Å²) in [5, 5.41) is 10.7. The minimum absolute atomic E-state index is 0.136. The van der Waals surface area contributed by atoms with E-state index < -0.39 is 0 Å². The van der Waals surface area contributed by atoms with Crippen LogP contribution in [0.3, 0.4) is 0 Å². The van der Waals surface area contributed by atoms with Crippen LogP contribution in [0.25, 0.3) is 10.9 Å². The van der Waals surface area contributed by atoms with Crippen LogP contribution in [0, 0.1) is 0 Å². The molecular weight excluding hydrogens is 282 g/mol. The van der Waals surface area contributed by atoms with Gasteiger partial charge in [-0.3, -0.25) is 0 Å². The van der Waals surface area contributed by atoms with Crippen LogP contribution >= 0.6 is 0 Å². The van der Waals surface area contributed by atoms with Gasteiger partial charge in [0.05, 0.1) is 25.8 Å². The molecule has 1 aromatic heterocycles. The Balaban J connectivity index is 0.000000545. The second kappa shape index (κ2) is 7.79. The number of fused-ring (bicyclic) bond motifs is 1. The van der Waals surface area contributed by atoms with Gasteiger partial charge in [0.2, 0.25) is 5.88 Å². The molecular formula is C16H23N3O3. The summed E-state index contributed by atoms with van der Waals surface area (Å²) in [5.41, 5.74) is 1.61. The average molecular weight is 305 g/mol. The summed E-state index contributed by atoms with van der Waals surface area (Å²) in [6, 6.07) is 3.66. The molecule has 1 aromatic carbocycles. The van der Waals surface area contributed by atoms with Crippen LogP contribution in [-0.2, 0) is 4.74 Å². The maximum atomic E-state index is 10.2. The Labute approximate surface area is 130 Å². The van der Waals surface area contributed by atoms with E-state index in [1.165, 1.54) is 19.9 Å². The van der Waals surface area contributed by atoms with Crippen LogP contribution in [0.2, 0.25) is 0 Å². The van der Waals surface area contributed by atoms with Crippen molar-refractivity contribution < 1.29 is 14.6 Å². The first-order valence-electron chi connectivity index (χ1n) is 7.55. The molecule has 1 saturated heterocycles. The van der Waals surface area contributed by atoms with E-state index in [0.29, 0.717) is 30.0 Å². The summed E-state index contributed by atoms with van der Waals surface area (Å²) in [7, 11) is 1.52. The molecule has 0 spiro atoms. The van der Waals surface area contributed by atoms with Crippen molar-refractivity contribution in [1.29, 1.82) is 0 Å². The van der Waals surface area contributed by atoms with E-state index in [4.69, 9.17) is 9.47 Å². The second-order valence-corrected chi connectivity index (χ2v) is 5.05. The Hall–Kier alpha value is -2.08. The topological polar surface area (TPSA) is 67.7 Å². The number of ether oxygens (including phenoxy) is 2. The number of phenolic OH excluding ortho intramolecular Hbond substituents is 1. The van der Waals surface area contributed by atoms with Crippen molar-refractivity contribution in [2.45, 2.75) is 20.3 Å². The summed E-state index contributed by atoms with van der Waals surface area (Å²) in [6.45, 7) is 7.28. The molecule has 0 atom stereocenters. The lowest BCUT2D eigenvalue weighted by Gasteiger charge is -2.29. The number of hydrogen-bond donors (Lipinski definition) is 1. The maximum Gasteiger partial charge on any atom is 0.227 e. The van der Waals surface area contributed by atoms with Gasteiger partial charge >= 0.3 is 0 Å². The molecule has 0 unspecified atom stereocenters. The molecule has 0 saturated carbocycles. The van der Waals surface area contributed by atoms with E-state index in [-0.39, 0.29) is 5.75 Å². The molecule has 1 fully saturated rings. The zero-order chi connectivity index (χ0) is 15.9. The quantitative estimate of drug-likeness (QED) is 0.920. The normalized spacial score (nSPS) is 14.4. The molecule has 0 radical (unpaired) electrons. The molecule has 6 heteroatoms. The van der Waals surface area contributed by atoms with Crippen molar-refractivity contribution in [1.82, 2.24) is 9.97 Å². The van der Waals surface area contributed by atoms with Gasteiger partial charge in [0.25, 0.3) is 0 Å². The van der Waals surface area contributed by atoms with Crippen molar-refractivity contribution in [2.75, 3.05) is 38.3 Å². The van der Waals surface area contributed by atoms with Crippen LogP contribution in [0.15, 0.2) is 18.5 Å². The van der Waals surface area contributed by atoms with E-state index in [1.807, 2.05) is 6.07 Å². The van der Waals surface area contributed by atoms with E-state index >= 15 is 0 Å². The lowest BCUT2D eigenvalue weighted by atomic mass is 10.1. The number of aromatic hydroxyl groups is 1. The van der Waals surface area contributed by atoms with Crippen LogP contribution in [0.4, 0.5) is 5.69 Å². The summed E-state index contributed by atoms with van der Waals surface area (Å²) in [6.07, 6.45) is 2.68. The van der Waals surface area contributed by atoms with E-state index in [0.717, 1.165) is 18.8 Å². The molecule has 1 aliphatic heterocycles. The van der Waals surface area contributed by atoms with Gasteiger partial charge in [0.1, 0.15) is 17.5 Å². The fourth-order valence-corrected chi connectivity index (χ4v) is 2.29. The smallest absolute Gasteiger partial charge is 0.227 e. The van der Waals surface area contributed by atoms with Crippen molar-refractivity contribution in [3.05, 3.63) is 18.5 Å². The highest BCUT2D eigenvalue weighted by Crippen LogP contribution is 2.34. The highest BCUT2D eigenvalue weighted by molar-refractivity contribution is 5.92. The predicted molar refractivity (Wildman–Crippen MR) is 86.8 cm³/mol. The summed E-state index contributed by atoms with van der Waals surface area (Å²) in [5.74, 6) is 0.521. The molecule has 0 bridgehead atoms. The first-order valence-corrected chi connectivity index (χ1v) is 7.55. The van der Waals surface area contributed by atoms with Gasteiger partial charge in [-0.15, -0.1) is 0 Å². The van der Waals surface area contributed by atoms with Gasteiger partial charge < -0.3 is 19.5 Å². The first-order chi connectivity index (χ1) is 10.7. The largest absolute Gasteiger partial charge is 0.507 e. The highest BCUT2D eigenvalue weighted by Gasteiger charge is 2.16. The van der Waals surface area contributed by atoms with Gasteiger partial charge in [-0.25, -0.2) is 9.97 Å². The average Bonchev–Trinajstić information content (AvgIpc) is 2.55. The van der Waals surface area contributed by atoms with Crippen LogP contribution < -0.4 is 9.64 Å². The number of benzene rings is 1. The lowest BCUT2D eigenvalue weighted by molar-refractivity contribution is 0.122. The fourth-order valence-electron chi connectivity index (χ4n) is 2.29. The number of nitrogens with zero attached hydrogens (tertiary/aromatic N) is 3. The number of methoxy groups -OCH3 is 1. The third-order valence-electron chi connectivity index (χ3n) is 3.24. The van der Waals surface area contributed by atoms with E-state index in [2.05, 4.69) is 28.7 Å². The molecule has 2 heterocycles. The minimum Gasteiger partial charge on any atom is -0.507 e. The third kappa shape index (κ3) is 3.57. The molecule has 1 N–H and O–H groups in total. The second-order valence-electron chi connectivity index (χ2n) is 5.05. The van der Waals surface area contributed by atoms with E-state index in [1.54, 1.807) is 6.07 Å². The number of phenols is 1. The Morgan fingerprint density at radius 3 is 2.55 bits per heavy atom. The Morgan fingerprint density at radius 2 is 1.91 bits per heavy atom. The predicted octanol–water partition coefficient (Wildman–Crippen LogP) is 2.60. The zero-order valence-corrected chi connectivity index (χ0v) is 13.4. The molecule has 120 valence electrons. The molecule has 22 heavy (non-hydrogen) atoms. The van der Waals surface area contributed by atoms with Crippen molar-refractivity contribution >= 4 is 16.6 Å². The standard InChI is InChI=1S/C13H15N3O3.C3H8/c1-18-13-12-10(14-8-15-13)6-9(7-11(12)17)16-2-4-19-5-3-16;1-3-2/h6-8,17H,2-5H2,1H3;3H2,1-2H3. The van der Waals surface area contributed by atoms with Gasteiger partial charge in [-0.2, -0.15) is 0 Å². The molecule has 6 nitrogen and oxygen atoms in total. The van der Waals surface area contributed by atoms with Crippen molar-refractivity contribution in [3.8, 4) is 11.6 Å². The number of rotatable bonds is 2. The Bertz CT molecular complexity index is 613. The summed E-state index contributed by atoms with van der Waals surface area (Å²) >= 11 is 0. The van der Waals surface area contributed by atoms with Gasteiger partial charge in [-0.05, 0) is 6.07 Å². The SMILES string of the molecule is CCC.COc1ncnc2cc(N3CCOCC3)cc(O)c12. The Kier molecular flexibility index (Phi) is 5.77. The Morgan fingerprint density at radius 1 is 1.23 bits per heavy atom. The van der Waals surface area contributed by atoms with Crippen LogP contribution in [-0.4, -0.2) is 48.5 Å². The van der Waals surface area contributed by atoms with Crippen LogP contribution in [0.1, 0.15) is 20.3 Å². The molecule has 0 amide bonds. The van der Waals surface area contributed by atoms with Crippen molar-refractivity contribution in [3.63, 3.8) is 0 Å². The van der Waals surface area contributed by atoms with Crippen LogP contribution in [0.5, 0.6) is 11.6 Å². The molecule has 1 aliphatic rings. The minimum atomic E-state index is 0.136. The number of morpholine rings is 1. The van der Waals surface area contributed by atoms with Crippen molar-refractivity contribution in [2.24, 2.45) is 0 Å². The molecule has 3 rings (SSSR count). The maximum absolute atomic E-state index is 10.2. The van der Waals surface area contributed by atoms with Gasteiger partial charge in [0, 0.05) is 24.8 Å². The van der Waals surface area contributed by atoms with Gasteiger partial charge in [-0.1, -0.05) is 20.3 Å². The highest BCUT2D eigenvalue weighted by atomic mass is 16.5. The fraction of sp³-hybridized carbons (Fsp3) is 0.500. The summed E-state index contributed by atoms with van der Waals surface area (Å²) in [4.78, 5) is 10.4. The first kappa shape index (κ1) is 16.3.